The third-order valence-corrected chi connectivity index (χ3v) is 4.52. The van der Waals surface area contributed by atoms with Crippen LogP contribution in [0.2, 0.25) is 0 Å². The predicted molar refractivity (Wildman–Crippen MR) is 82.0 cm³/mol. The average molecular weight is 326 g/mol. The predicted octanol–water partition coefficient (Wildman–Crippen LogP) is 1.90. The molecule has 0 aromatic heterocycles. The normalized spacial score (nSPS) is 28.8. The number of halogens is 1. The van der Waals surface area contributed by atoms with Crippen molar-refractivity contribution in [3.63, 3.8) is 0 Å². The molecule has 0 saturated carbocycles. The Hall–Kier alpha value is -0.710. The molecule has 3 aliphatic heterocycles. The van der Waals surface area contributed by atoms with Crippen molar-refractivity contribution >= 4 is 22.8 Å². The van der Waals surface area contributed by atoms with Crippen molar-refractivity contribution in [1.29, 1.82) is 0 Å². The zero-order valence-corrected chi connectivity index (χ0v) is 13.2. The highest BCUT2D eigenvalue weighted by atomic mass is 79.9. The molecule has 104 valence electrons. The molecule has 3 fully saturated rings. The minimum Gasteiger partial charge on any atom is -0.314 e. The van der Waals surface area contributed by atoms with Gasteiger partial charge in [-0.2, -0.15) is 0 Å². The van der Waals surface area contributed by atoms with Crippen LogP contribution in [0.3, 0.4) is 0 Å². The summed E-state index contributed by atoms with van der Waals surface area (Å²) in [5.41, 5.74) is 2.09. The molecule has 0 amide bonds. The molecule has 1 aromatic carbocycles. The van der Waals surface area contributed by atoms with Crippen LogP contribution < -0.4 is 0 Å². The maximum Gasteiger partial charge on any atom is 0.216 e. The molecule has 4 rings (SSSR count). The molecule has 0 unspecified atom stereocenters. The van der Waals surface area contributed by atoms with E-state index in [9.17, 15) is 4.79 Å². The van der Waals surface area contributed by atoms with E-state index in [1.54, 1.807) is 0 Å². The summed E-state index contributed by atoms with van der Waals surface area (Å²) in [5.74, 6) is 0.311. The molecule has 0 atom stereocenters. The van der Waals surface area contributed by atoms with Crippen molar-refractivity contribution in [1.82, 2.24) is 4.90 Å². The van der Waals surface area contributed by atoms with E-state index in [1.165, 1.54) is 25.2 Å². The van der Waals surface area contributed by atoms with E-state index in [0.717, 1.165) is 29.7 Å². The molecule has 3 aliphatic rings. The Kier molecular flexibility index (Phi) is 4.43. The summed E-state index contributed by atoms with van der Waals surface area (Å²) in [6.07, 6.45) is 0. The van der Waals surface area contributed by atoms with E-state index in [2.05, 4.69) is 11.8 Å². The number of ketones is 1. The van der Waals surface area contributed by atoms with Crippen LogP contribution in [0, 0.1) is 6.92 Å². The minimum atomic E-state index is 0. The van der Waals surface area contributed by atoms with Crippen LogP contribution in [0.5, 0.6) is 0 Å². The Bertz CT molecular complexity index is 436. The standard InChI is InChI=1S/C15H21N2O.BrH/c1-13-2-4-14(5-3-13)15(18)12-17-9-6-16(7-10-17)8-11-17;/h2-5H,6-12H2,1H3;1H/q+1;. The lowest BCUT2D eigenvalue weighted by Crippen LogP contribution is -2.68. The number of fused-ring (bicyclic) bond motifs is 3. The zero-order chi connectivity index (χ0) is 12.6. The van der Waals surface area contributed by atoms with Gasteiger partial charge in [0.25, 0.3) is 0 Å². The Morgan fingerprint density at radius 2 is 1.63 bits per heavy atom. The monoisotopic (exact) mass is 325 g/mol. The van der Waals surface area contributed by atoms with Gasteiger partial charge in [0.15, 0.2) is 0 Å². The molecule has 2 bridgehead atoms. The summed E-state index contributed by atoms with van der Waals surface area (Å²) in [6, 6.07) is 8.00. The second-order valence-electron chi connectivity index (χ2n) is 5.80. The molecule has 0 radical (unpaired) electrons. The first-order valence-corrected chi connectivity index (χ1v) is 6.84. The highest BCUT2D eigenvalue weighted by Crippen LogP contribution is 2.20. The number of Topliss-reactive ketones (excluding diaryl/α,β-unsaturated/α-hetero) is 1. The van der Waals surface area contributed by atoms with Crippen LogP contribution in [0.4, 0.5) is 0 Å². The number of carbonyl (C=O) groups excluding carboxylic acids is 1. The molecule has 0 spiro atoms. The summed E-state index contributed by atoms with van der Waals surface area (Å²) >= 11 is 0. The van der Waals surface area contributed by atoms with Crippen LogP contribution in [0.1, 0.15) is 15.9 Å². The maximum absolute atomic E-state index is 12.4. The molecule has 0 aliphatic carbocycles. The highest BCUT2D eigenvalue weighted by molar-refractivity contribution is 8.93. The van der Waals surface area contributed by atoms with Crippen molar-refractivity contribution in [3.8, 4) is 0 Å². The maximum atomic E-state index is 12.4. The number of benzene rings is 1. The van der Waals surface area contributed by atoms with Crippen LogP contribution >= 0.6 is 17.0 Å². The minimum absolute atomic E-state index is 0. The fraction of sp³-hybridized carbons (Fsp3) is 0.533. The Balaban J connectivity index is 0.00000133. The summed E-state index contributed by atoms with van der Waals surface area (Å²) < 4.78 is 1.02. The molecule has 3 heterocycles. The van der Waals surface area contributed by atoms with Gasteiger partial charge in [0.05, 0.1) is 19.6 Å². The molecule has 1 aromatic rings. The zero-order valence-electron chi connectivity index (χ0n) is 11.5. The fourth-order valence-electron chi connectivity index (χ4n) is 3.10. The first-order chi connectivity index (χ1) is 8.67. The number of piperazine rings is 3. The summed E-state index contributed by atoms with van der Waals surface area (Å²) in [7, 11) is 0. The van der Waals surface area contributed by atoms with Crippen LogP contribution in [-0.4, -0.2) is 61.0 Å². The number of hydrogen-bond donors (Lipinski definition) is 0. The van der Waals surface area contributed by atoms with Crippen LogP contribution in [0.15, 0.2) is 24.3 Å². The van der Waals surface area contributed by atoms with Gasteiger partial charge in [0, 0.05) is 25.2 Å². The quantitative estimate of drug-likeness (QED) is 0.625. The fourth-order valence-corrected chi connectivity index (χ4v) is 3.10. The molecular formula is C15H22BrN2O+. The number of nitrogens with zero attached hydrogens (tertiary/aromatic N) is 2. The smallest absolute Gasteiger partial charge is 0.216 e. The van der Waals surface area contributed by atoms with E-state index in [0.29, 0.717) is 12.3 Å². The summed E-state index contributed by atoms with van der Waals surface area (Å²) in [5, 5.41) is 0. The second kappa shape index (κ2) is 5.73. The van der Waals surface area contributed by atoms with Gasteiger partial charge >= 0.3 is 0 Å². The molecule has 19 heavy (non-hydrogen) atoms. The van der Waals surface area contributed by atoms with Gasteiger partial charge in [-0.1, -0.05) is 29.8 Å². The first kappa shape index (κ1) is 14.7. The molecule has 0 N–H and O–H groups in total. The summed E-state index contributed by atoms with van der Waals surface area (Å²) in [6.45, 7) is 9.70. The van der Waals surface area contributed by atoms with Gasteiger partial charge in [-0.05, 0) is 6.92 Å². The number of carbonyl (C=O) groups is 1. The number of hydrogen-bond acceptors (Lipinski definition) is 2. The summed E-state index contributed by atoms with van der Waals surface area (Å²) in [4.78, 5) is 14.9. The Morgan fingerprint density at radius 1 is 1.11 bits per heavy atom. The average Bonchev–Trinajstić information content (AvgIpc) is 2.41. The van der Waals surface area contributed by atoms with Crippen molar-refractivity contribution < 1.29 is 9.28 Å². The second-order valence-corrected chi connectivity index (χ2v) is 5.80. The molecule has 3 saturated heterocycles. The van der Waals surface area contributed by atoms with Gasteiger partial charge in [-0.25, -0.2) is 0 Å². The number of quaternary nitrogens is 1. The van der Waals surface area contributed by atoms with E-state index >= 15 is 0 Å². The van der Waals surface area contributed by atoms with E-state index in [-0.39, 0.29) is 17.0 Å². The first-order valence-electron chi connectivity index (χ1n) is 6.84. The number of aryl methyl sites for hydroxylation is 1. The Morgan fingerprint density at radius 3 is 2.16 bits per heavy atom. The van der Waals surface area contributed by atoms with Crippen LogP contribution in [-0.2, 0) is 0 Å². The van der Waals surface area contributed by atoms with Gasteiger partial charge in [-0.3, -0.25) is 9.69 Å². The van der Waals surface area contributed by atoms with Crippen LogP contribution in [0.25, 0.3) is 0 Å². The lowest BCUT2D eigenvalue weighted by Gasteiger charge is -2.50. The van der Waals surface area contributed by atoms with Gasteiger partial charge in [0.2, 0.25) is 5.78 Å². The third kappa shape index (κ3) is 3.07. The van der Waals surface area contributed by atoms with Gasteiger partial charge in [-0.15, -0.1) is 17.0 Å². The van der Waals surface area contributed by atoms with E-state index in [1.807, 2.05) is 24.3 Å². The lowest BCUT2D eigenvalue weighted by atomic mass is 10.0. The van der Waals surface area contributed by atoms with Crippen molar-refractivity contribution in [2.24, 2.45) is 0 Å². The van der Waals surface area contributed by atoms with E-state index in [4.69, 9.17) is 0 Å². The van der Waals surface area contributed by atoms with Gasteiger partial charge < -0.3 is 4.48 Å². The molecule has 3 nitrogen and oxygen atoms in total. The lowest BCUT2D eigenvalue weighted by molar-refractivity contribution is -0.933. The van der Waals surface area contributed by atoms with Gasteiger partial charge in [0.1, 0.15) is 6.54 Å². The largest absolute Gasteiger partial charge is 0.314 e. The van der Waals surface area contributed by atoms with Crippen molar-refractivity contribution in [2.75, 3.05) is 45.8 Å². The highest BCUT2D eigenvalue weighted by Gasteiger charge is 2.39. The Labute approximate surface area is 125 Å². The van der Waals surface area contributed by atoms with Crippen molar-refractivity contribution in [3.05, 3.63) is 35.4 Å². The topological polar surface area (TPSA) is 20.3 Å². The van der Waals surface area contributed by atoms with Crippen molar-refractivity contribution in [2.45, 2.75) is 6.92 Å². The number of rotatable bonds is 3. The van der Waals surface area contributed by atoms with E-state index < -0.39 is 0 Å². The SMILES string of the molecule is Br.Cc1ccc(C(=O)C[N+]23CCN(CC2)CC3)cc1. The molecule has 4 heteroatoms. The third-order valence-electron chi connectivity index (χ3n) is 4.52. The molecular weight excluding hydrogens is 304 g/mol.